The molecule has 102 valence electrons. The van der Waals surface area contributed by atoms with Gasteiger partial charge in [-0.25, -0.2) is 0 Å². The minimum Gasteiger partial charge on any atom is -0.481 e. The highest BCUT2D eigenvalue weighted by Gasteiger charge is 2.06. The molecule has 3 nitrogen and oxygen atoms in total. The third kappa shape index (κ3) is 4.04. The van der Waals surface area contributed by atoms with Crippen LogP contribution in [-0.2, 0) is 11.3 Å². The Bertz CT molecular complexity index is 550. The Morgan fingerprint density at radius 3 is 2.89 bits per heavy atom. The molecule has 0 saturated carbocycles. The van der Waals surface area contributed by atoms with Crippen LogP contribution in [0.15, 0.2) is 29.6 Å². The number of nitrogens with zero attached hydrogens (tertiary/aromatic N) is 1. The van der Waals surface area contributed by atoms with Gasteiger partial charge in [0.15, 0.2) is 0 Å². The molecule has 0 fully saturated rings. The van der Waals surface area contributed by atoms with Gasteiger partial charge in [-0.05, 0) is 48.8 Å². The number of hydrogen-bond acceptors (Lipinski definition) is 3. The predicted molar refractivity (Wildman–Crippen MR) is 79.6 cm³/mol. The molecule has 2 rings (SSSR count). The van der Waals surface area contributed by atoms with Gasteiger partial charge in [-0.3, -0.25) is 4.79 Å². The van der Waals surface area contributed by atoms with Crippen LogP contribution in [0.5, 0.6) is 0 Å². The van der Waals surface area contributed by atoms with E-state index in [4.69, 9.17) is 5.11 Å². The largest absolute Gasteiger partial charge is 0.481 e. The molecule has 0 aliphatic rings. The number of benzene rings is 1. The van der Waals surface area contributed by atoms with Crippen molar-refractivity contribution in [1.82, 2.24) is 4.90 Å². The summed E-state index contributed by atoms with van der Waals surface area (Å²) in [6, 6.07) is 8.46. The minimum absolute atomic E-state index is 0.273. The normalized spacial score (nSPS) is 11.3. The maximum atomic E-state index is 10.4. The first-order chi connectivity index (χ1) is 9.16. The van der Waals surface area contributed by atoms with Gasteiger partial charge < -0.3 is 10.0 Å². The average Bonchev–Trinajstić information content (AvgIpc) is 2.78. The smallest absolute Gasteiger partial charge is 0.303 e. The fourth-order valence-corrected chi connectivity index (χ4v) is 3.14. The SMILES string of the molecule is CN(CCCCC(=O)O)Cc1csc2ccccc12. The standard InChI is InChI=1S/C15H19NO2S/c1-16(9-5-4-8-15(17)18)10-12-11-19-14-7-3-2-6-13(12)14/h2-3,6-7,11H,4-5,8-10H2,1H3,(H,17,18). The molecule has 0 spiro atoms. The summed E-state index contributed by atoms with van der Waals surface area (Å²) in [6.45, 7) is 1.87. The molecule has 1 aromatic carbocycles. The van der Waals surface area contributed by atoms with E-state index in [-0.39, 0.29) is 6.42 Å². The van der Waals surface area contributed by atoms with Crippen molar-refractivity contribution in [2.24, 2.45) is 0 Å². The molecule has 1 aromatic heterocycles. The van der Waals surface area contributed by atoms with Crippen molar-refractivity contribution in [2.45, 2.75) is 25.8 Å². The van der Waals surface area contributed by atoms with E-state index in [0.717, 1.165) is 25.9 Å². The van der Waals surface area contributed by atoms with E-state index in [2.05, 4.69) is 41.6 Å². The molecule has 0 saturated heterocycles. The fourth-order valence-electron chi connectivity index (χ4n) is 2.18. The van der Waals surface area contributed by atoms with Gasteiger partial charge in [0.25, 0.3) is 0 Å². The Labute approximate surface area is 117 Å². The van der Waals surface area contributed by atoms with Crippen LogP contribution in [-0.4, -0.2) is 29.6 Å². The van der Waals surface area contributed by atoms with Crippen molar-refractivity contribution in [3.63, 3.8) is 0 Å². The number of carbonyl (C=O) groups is 1. The maximum Gasteiger partial charge on any atom is 0.303 e. The monoisotopic (exact) mass is 277 g/mol. The summed E-state index contributed by atoms with van der Waals surface area (Å²) in [5.41, 5.74) is 1.36. The molecule has 0 atom stereocenters. The molecular formula is C15H19NO2S. The number of hydrogen-bond donors (Lipinski definition) is 1. The summed E-state index contributed by atoms with van der Waals surface area (Å²) in [4.78, 5) is 12.7. The van der Waals surface area contributed by atoms with E-state index >= 15 is 0 Å². The number of fused-ring (bicyclic) bond motifs is 1. The quantitative estimate of drug-likeness (QED) is 0.786. The van der Waals surface area contributed by atoms with Crippen molar-refractivity contribution in [3.05, 3.63) is 35.2 Å². The van der Waals surface area contributed by atoms with Crippen molar-refractivity contribution < 1.29 is 9.90 Å². The second kappa shape index (κ2) is 6.68. The summed E-state index contributed by atoms with van der Waals surface area (Å²) in [5.74, 6) is -0.702. The molecule has 19 heavy (non-hydrogen) atoms. The third-order valence-corrected chi connectivity index (χ3v) is 4.19. The molecule has 0 amide bonds. The molecule has 0 bridgehead atoms. The van der Waals surface area contributed by atoms with Crippen LogP contribution in [0.25, 0.3) is 10.1 Å². The molecule has 0 aliphatic carbocycles. The van der Waals surface area contributed by atoms with Gasteiger partial charge in [0.05, 0.1) is 0 Å². The first kappa shape index (κ1) is 14.0. The van der Waals surface area contributed by atoms with Crippen LogP contribution in [0.3, 0.4) is 0 Å². The van der Waals surface area contributed by atoms with Crippen molar-refractivity contribution in [2.75, 3.05) is 13.6 Å². The van der Waals surface area contributed by atoms with Crippen molar-refractivity contribution in [1.29, 1.82) is 0 Å². The zero-order valence-corrected chi connectivity index (χ0v) is 11.9. The fraction of sp³-hybridized carbons (Fsp3) is 0.400. The van der Waals surface area contributed by atoms with Crippen LogP contribution in [0.2, 0.25) is 0 Å². The van der Waals surface area contributed by atoms with E-state index in [0.29, 0.717) is 0 Å². The van der Waals surface area contributed by atoms with E-state index in [1.807, 2.05) is 0 Å². The first-order valence-electron chi connectivity index (χ1n) is 6.52. The molecule has 0 unspecified atom stereocenters. The Hall–Kier alpha value is -1.39. The summed E-state index contributed by atoms with van der Waals surface area (Å²) in [5, 5.41) is 12.2. The number of carboxylic acids is 1. The number of rotatable bonds is 7. The van der Waals surface area contributed by atoms with Gasteiger partial charge in [-0.15, -0.1) is 11.3 Å². The Balaban J connectivity index is 1.85. The molecule has 2 aromatic rings. The molecule has 1 heterocycles. The Morgan fingerprint density at radius 1 is 1.32 bits per heavy atom. The number of aliphatic carboxylic acids is 1. The molecular weight excluding hydrogens is 258 g/mol. The van der Waals surface area contributed by atoms with Crippen LogP contribution in [0.1, 0.15) is 24.8 Å². The lowest BCUT2D eigenvalue weighted by Crippen LogP contribution is -2.19. The Morgan fingerprint density at radius 2 is 2.11 bits per heavy atom. The number of thiophene rings is 1. The zero-order valence-electron chi connectivity index (χ0n) is 11.1. The van der Waals surface area contributed by atoms with Crippen LogP contribution in [0, 0.1) is 0 Å². The van der Waals surface area contributed by atoms with Gasteiger partial charge >= 0.3 is 5.97 Å². The highest BCUT2D eigenvalue weighted by Crippen LogP contribution is 2.26. The lowest BCUT2D eigenvalue weighted by atomic mass is 10.1. The van der Waals surface area contributed by atoms with Gasteiger partial charge in [0.1, 0.15) is 0 Å². The van der Waals surface area contributed by atoms with Gasteiger partial charge in [0, 0.05) is 17.7 Å². The van der Waals surface area contributed by atoms with Gasteiger partial charge in [0.2, 0.25) is 0 Å². The van der Waals surface area contributed by atoms with E-state index in [9.17, 15) is 4.79 Å². The zero-order chi connectivity index (χ0) is 13.7. The predicted octanol–water partition coefficient (Wildman–Crippen LogP) is 3.59. The van der Waals surface area contributed by atoms with Crippen LogP contribution in [0.4, 0.5) is 0 Å². The summed E-state index contributed by atoms with van der Waals surface area (Å²) in [7, 11) is 2.09. The molecule has 0 radical (unpaired) electrons. The third-order valence-electron chi connectivity index (χ3n) is 3.18. The lowest BCUT2D eigenvalue weighted by Gasteiger charge is -2.15. The van der Waals surface area contributed by atoms with Crippen LogP contribution < -0.4 is 0 Å². The number of unbranched alkanes of at least 4 members (excludes halogenated alkanes) is 1. The van der Waals surface area contributed by atoms with Crippen molar-refractivity contribution in [3.8, 4) is 0 Å². The Kier molecular flexibility index (Phi) is 4.93. The van der Waals surface area contributed by atoms with Crippen molar-refractivity contribution >= 4 is 27.4 Å². The highest BCUT2D eigenvalue weighted by molar-refractivity contribution is 7.17. The topological polar surface area (TPSA) is 40.5 Å². The van der Waals surface area contributed by atoms with E-state index in [1.165, 1.54) is 15.6 Å². The second-order valence-electron chi connectivity index (χ2n) is 4.85. The highest BCUT2D eigenvalue weighted by atomic mass is 32.1. The molecule has 4 heteroatoms. The summed E-state index contributed by atoms with van der Waals surface area (Å²) in [6.07, 6.45) is 1.96. The van der Waals surface area contributed by atoms with E-state index in [1.54, 1.807) is 11.3 Å². The average molecular weight is 277 g/mol. The van der Waals surface area contributed by atoms with Gasteiger partial charge in [-0.2, -0.15) is 0 Å². The first-order valence-corrected chi connectivity index (χ1v) is 7.40. The summed E-state index contributed by atoms with van der Waals surface area (Å²) >= 11 is 1.78. The van der Waals surface area contributed by atoms with Crippen LogP contribution >= 0.6 is 11.3 Å². The minimum atomic E-state index is -0.702. The summed E-state index contributed by atoms with van der Waals surface area (Å²) < 4.78 is 1.33. The molecule has 1 N–H and O–H groups in total. The second-order valence-corrected chi connectivity index (χ2v) is 5.76. The lowest BCUT2D eigenvalue weighted by molar-refractivity contribution is -0.137. The van der Waals surface area contributed by atoms with E-state index < -0.39 is 5.97 Å². The number of carboxylic acid groups (broad SMARTS) is 1. The van der Waals surface area contributed by atoms with Gasteiger partial charge in [-0.1, -0.05) is 18.2 Å². The molecule has 0 aliphatic heterocycles. The maximum absolute atomic E-state index is 10.4.